The van der Waals surface area contributed by atoms with Crippen LogP contribution in [0.15, 0.2) is 47.4 Å². The van der Waals surface area contributed by atoms with Crippen LogP contribution in [-0.4, -0.2) is 58.6 Å². The Morgan fingerprint density at radius 2 is 2.03 bits per heavy atom. The third kappa shape index (κ3) is 6.34. The normalized spacial score (nSPS) is 16.5. The van der Waals surface area contributed by atoms with Gasteiger partial charge in [-0.25, -0.2) is 4.31 Å². The fourth-order valence-electron chi connectivity index (χ4n) is 3.76. The maximum Gasteiger partial charge on any atom is 0.313 e. The molecule has 0 aliphatic carbocycles. The van der Waals surface area contributed by atoms with Gasteiger partial charge in [0.05, 0.1) is 18.0 Å². The Hall–Kier alpha value is -1.87. The van der Waals surface area contributed by atoms with E-state index in [0.717, 1.165) is 47.8 Å². The number of ether oxygens (including phenoxy) is 1. The van der Waals surface area contributed by atoms with Gasteiger partial charge in [0.1, 0.15) is 12.4 Å². The number of aliphatic carboxylic acids is 1. The Bertz CT molecular complexity index is 882. The summed E-state index contributed by atoms with van der Waals surface area (Å²) in [5.74, 6) is 0.456. The van der Waals surface area contributed by atoms with Crippen LogP contribution in [0.4, 0.5) is 11.4 Å². The molecule has 1 atom stereocenters. The summed E-state index contributed by atoms with van der Waals surface area (Å²) in [5.41, 5.74) is 3.17. The van der Waals surface area contributed by atoms with E-state index < -0.39 is 5.97 Å². The van der Waals surface area contributed by atoms with Crippen LogP contribution in [0.5, 0.6) is 5.75 Å². The summed E-state index contributed by atoms with van der Waals surface area (Å²) in [6.45, 7) is 6.43. The Balaban J connectivity index is 2.06. The number of anilines is 2. The summed E-state index contributed by atoms with van der Waals surface area (Å²) >= 11 is 3.13. The highest BCUT2D eigenvalue weighted by molar-refractivity contribution is 7.99. The largest absolute Gasteiger partial charge is 0.491 e. The van der Waals surface area contributed by atoms with E-state index in [0.29, 0.717) is 17.5 Å². The predicted octanol–water partition coefficient (Wildman–Crippen LogP) is 5.02. The molecule has 0 bridgehead atoms. The second-order valence-electron chi connectivity index (χ2n) is 7.63. The molecule has 6 nitrogen and oxygen atoms in total. The lowest BCUT2D eigenvalue weighted by Gasteiger charge is -2.31. The smallest absolute Gasteiger partial charge is 0.313 e. The van der Waals surface area contributed by atoms with Gasteiger partial charge in [-0.1, -0.05) is 32.0 Å². The number of carbonyl (C=O) groups is 1. The Kier molecular flexibility index (Phi) is 9.59. The molecule has 0 spiro atoms. The highest BCUT2D eigenvalue weighted by atomic mass is 32.2. The topological polar surface area (TPSA) is 73.2 Å². The Morgan fingerprint density at radius 1 is 1.25 bits per heavy atom. The molecule has 0 aromatic heterocycles. The van der Waals surface area contributed by atoms with Gasteiger partial charge in [0.25, 0.3) is 0 Å². The molecule has 32 heavy (non-hydrogen) atoms. The van der Waals surface area contributed by atoms with E-state index in [1.165, 1.54) is 11.8 Å². The zero-order valence-electron chi connectivity index (χ0n) is 18.7. The molecule has 1 aliphatic rings. The lowest BCUT2D eigenvalue weighted by molar-refractivity contribution is -0.133. The number of nitrogens with zero attached hydrogens (tertiary/aromatic N) is 2. The molecule has 2 aromatic carbocycles. The van der Waals surface area contributed by atoms with E-state index in [1.54, 1.807) is 11.9 Å². The number of fused-ring (bicyclic) bond motifs is 1. The SMILES string of the molecule is CCCN1Sc2cc(CSCC(=O)O)c(OCCO)cc2N(c2ccccc2)CC1CC. The van der Waals surface area contributed by atoms with Gasteiger partial charge in [-0.3, -0.25) is 4.79 Å². The van der Waals surface area contributed by atoms with E-state index in [2.05, 4.69) is 59.5 Å². The molecule has 174 valence electrons. The van der Waals surface area contributed by atoms with Crippen LogP contribution >= 0.6 is 23.7 Å². The summed E-state index contributed by atoms with van der Waals surface area (Å²) in [5, 5.41) is 18.4. The Labute approximate surface area is 199 Å². The van der Waals surface area contributed by atoms with Crippen molar-refractivity contribution in [2.24, 2.45) is 0 Å². The zero-order chi connectivity index (χ0) is 22.9. The van der Waals surface area contributed by atoms with Gasteiger partial charge in [-0.2, -0.15) is 0 Å². The van der Waals surface area contributed by atoms with Gasteiger partial charge in [-0.15, -0.1) is 11.8 Å². The van der Waals surface area contributed by atoms with Crippen LogP contribution < -0.4 is 9.64 Å². The van der Waals surface area contributed by atoms with E-state index >= 15 is 0 Å². The summed E-state index contributed by atoms with van der Waals surface area (Å²) in [6.07, 6.45) is 2.11. The summed E-state index contributed by atoms with van der Waals surface area (Å²) in [4.78, 5) is 14.5. The molecule has 2 aromatic rings. The van der Waals surface area contributed by atoms with Crippen molar-refractivity contribution in [3.63, 3.8) is 0 Å². The van der Waals surface area contributed by atoms with Crippen molar-refractivity contribution in [2.45, 2.75) is 43.4 Å². The number of para-hydroxylation sites is 1. The van der Waals surface area contributed by atoms with E-state index in [-0.39, 0.29) is 19.0 Å². The lowest BCUT2D eigenvalue weighted by Crippen LogP contribution is -2.37. The van der Waals surface area contributed by atoms with Crippen LogP contribution in [0.25, 0.3) is 0 Å². The molecule has 0 radical (unpaired) electrons. The number of carboxylic acid groups (broad SMARTS) is 1. The molecule has 1 unspecified atom stereocenters. The molecule has 8 heteroatoms. The summed E-state index contributed by atoms with van der Waals surface area (Å²) in [7, 11) is 0. The average Bonchev–Trinajstić information content (AvgIpc) is 2.94. The van der Waals surface area contributed by atoms with Crippen molar-refractivity contribution in [3.8, 4) is 5.75 Å². The third-order valence-corrected chi connectivity index (χ3v) is 7.47. The number of thioether (sulfide) groups is 1. The van der Waals surface area contributed by atoms with Crippen molar-refractivity contribution in [3.05, 3.63) is 48.0 Å². The van der Waals surface area contributed by atoms with Crippen LogP contribution in [0, 0.1) is 0 Å². The first-order valence-corrected chi connectivity index (χ1v) is 13.0. The number of aliphatic hydroxyl groups is 1. The van der Waals surface area contributed by atoms with Gasteiger partial charge in [0.2, 0.25) is 0 Å². The van der Waals surface area contributed by atoms with Crippen LogP contribution in [0.2, 0.25) is 0 Å². The fourth-order valence-corrected chi connectivity index (χ4v) is 5.83. The monoisotopic (exact) mass is 476 g/mol. The van der Waals surface area contributed by atoms with Gasteiger partial charge in [0, 0.05) is 47.1 Å². The third-order valence-electron chi connectivity index (χ3n) is 5.26. The van der Waals surface area contributed by atoms with Gasteiger partial charge in [0.15, 0.2) is 0 Å². The molecule has 0 saturated carbocycles. The summed E-state index contributed by atoms with van der Waals surface area (Å²) in [6, 6.07) is 15.0. The number of carboxylic acids is 1. The van der Waals surface area contributed by atoms with Crippen molar-refractivity contribution in [1.82, 2.24) is 4.31 Å². The first-order valence-electron chi connectivity index (χ1n) is 11.0. The maximum absolute atomic E-state index is 11.0. The van der Waals surface area contributed by atoms with Crippen LogP contribution in [0.3, 0.4) is 0 Å². The minimum atomic E-state index is -0.827. The molecule has 3 rings (SSSR count). The highest BCUT2D eigenvalue weighted by Gasteiger charge is 2.29. The maximum atomic E-state index is 11.0. The van der Waals surface area contributed by atoms with Gasteiger partial charge >= 0.3 is 5.97 Å². The number of rotatable bonds is 11. The van der Waals surface area contributed by atoms with Gasteiger partial charge < -0.3 is 19.8 Å². The highest BCUT2D eigenvalue weighted by Crippen LogP contribution is 2.45. The molecule has 1 heterocycles. The van der Waals surface area contributed by atoms with Crippen molar-refractivity contribution >= 4 is 41.1 Å². The van der Waals surface area contributed by atoms with E-state index in [9.17, 15) is 9.90 Å². The molecular weight excluding hydrogens is 444 g/mol. The molecular formula is C24H32N2O4S2. The zero-order valence-corrected chi connectivity index (χ0v) is 20.3. The van der Waals surface area contributed by atoms with Gasteiger partial charge in [-0.05, 0) is 43.0 Å². The number of hydrogen-bond donors (Lipinski definition) is 2. The minimum Gasteiger partial charge on any atom is -0.491 e. The minimum absolute atomic E-state index is 0.0413. The van der Waals surface area contributed by atoms with E-state index in [1.807, 2.05) is 6.07 Å². The molecule has 1 aliphatic heterocycles. The van der Waals surface area contributed by atoms with Crippen LogP contribution in [-0.2, 0) is 10.5 Å². The quantitative estimate of drug-likeness (QED) is 0.438. The summed E-state index contributed by atoms with van der Waals surface area (Å²) < 4.78 is 8.38. The van der Waals surface area contributed by atoms with Crippen LogP contribution in [0.1, 0.15) is 32.3 Å². The lowest BCUT2D eigenvalue weighted by atomic mass is 10.1. The molecule has 2 N–H and O–H groups in total. The molecule has 0 amide bonds. The molecule has 0 fully saturated rings. The van der Waals surface area contributed by atoms with Crippen molar-refractivity contribution in [2.75, 3.05) is 37.0 Å². The first kappa shape index (κ1) is 24.8. The van der Waals surface area contributed by atoms with E-state index in [4.69, 9.17) is 9.84 Å². The second-order valence-corrected chi connectivity index (χ2v) is 9.70. The number of hydrogen-bond acceptors (Lipinski definition) is 7. The first-order chi connectivity index (χ1) is 15.6. The van der Waals surface area contributed by atoms with Crippen molar-refractivity contribution < 1.29 is 19.7 Å². The number of benzene rings is 2. The average molecular weight is 477 g/mol. The standard InChI is InChI=1S/C24H32N2O4S2/c1-3-10-26-19(4-2)15-25(20-8-6-5-7-9-20)21-14-22(30-12-11-27)18(13-23(21)32-26)16-31-17-24(28)29/h5-9,13-14,19,27H,3-4,10-12,15-17H2,1-2H3,(H,28,29). The Morgan fingerprint density at radius 3 is 2.69 bits per heavy atom. The molecule has 0 saturated heterocycles. The number of aliphatic hydroxyl groups excluding tert-OH is 1. The van der Waals surface area contributed by atoms with Crippen molar-refractivity contribution in [1.29, 1.82) is 0 Å². The fraction of sp³-hybridized carbons (Fsp3) is 0.458. The predicted molar refractivity (Wildman–Crippen MR) is 133 cm³/mol. The second kappa shape index (κ2) is 12.4.